The molecule has 1 rings (SSSR count). The highest BCUT2D eigenvalue weighted by Crippen LogP contribution is 2.20. The number of nitrogens with zero attached hydrogens (tertiary/aromatic N) is 1. The largest absolute Gasteiger partial charge is 0.481 e. The van der Waals surface area contributed by atoms with Gasteiger partial charge in [0.1, 0.15) is 18.1 Å². The monoisotopic (exact) mass is 485 g/mol. The van der Waals surface area contributed by atoms with Crippen LogP contribution in [0.1, 0.15) is 65.2 Å². The van der Waals surface area contributed by atoms with Gasteiger partial charge in [0.05, 0.1) is 6.04 Å². The molecule has 1 aliphatic heterocycles. The number of carboxylic acids is 2. The molecule has 0 aromatic rings. The minimum absolute atomic E-state index is 0.0440. The Labute approximate surface area is 199 Å². The topological polar surface area (TPSA) is 205 Å². The number of carbonyl (C=O) groups is 5. The standard InChI is InChI=1S/C22H39N5O7/c1-3-13(2)18(20(31)25-15(22(33)34)7-4-5-11-23)26-19(30)16-8-6-12-27(16)21(32)14(24)9-10-17(28)29/h13-16,18H,3-12,23-24H2,1-2H3,(H,25,31)(H,26,30)(H,28,29)(H,33,34). The summed E-state index contributed by atoms with van der Waals surface area (Å²) < 4.78 is 0. The highest BCUT2D eigenvalue weighted by molar-refractivity contribution is 5.94. The maximum absolute atomic E-state index is 13.1. The van der Waals surface area contributed by atoms with Crippen LogP contribution < -0.4 is 22.1 Å². The molecule has 0 aromatic heterocycles. The van der Waals surface area contributed by atoms with Crippen molar-refractivity contribution < 1.29 is 34.2 Å². The third-order valence-corrected chi connectivity index (χ3v) is 6.18. The molecule has 0 aliphatic carbocycles. The molecule has 0 bridgehead atoms. The van der Waals surface area contributed by atoms with Crippen LogP contribution in [0.5, 0.6) is 0 Å². The molecule has 1 heterocycles. The van der Waals surface area contributed by atoms with Gasteiger partial charge >= 0.3 is 11.9 Å². The smallest absolute Gasteiger partial charge is 0.326 e. The minimum atomic E-state index is -1.16. The van der Waals surface area contributed by atoms with Gasteiger partial charge in [0.2, 0.25) is 17.7 Å². The van der Waals surface area contributed by atoms with Gasteiger partial charge in [0.25, 0.3) is 0 Å². The highest BCUT2D eigenvalue weighted by atomic mass is 16.4. The van der Waals surface area contributed by atoms with Crippen LogP contribution in [0, 0.1) is 5.92 Å². The molecule has 0 aromatic carbocycles. The van der Waals surface area contributed by atoms with Crippen LogP contribution in [0.3, 0.4) is 0 Å². The number of nitrogens with one attached hydrogen (secondary N) is 2. The van der Waals surface area contributed by atoms with Crippen molar-refractivity contribution in [3.8, 4) is 0 Å². The Hall–Kier alpha value is -2.73. The second kappa shape index (κ2) is 14.5. The summed E-state index contributed by atoms with van der Waals surface area (Å²) in [4.78, 5) is 62.4. The number of hydrogen-bond donors (Lipinski definition) is 6. The van der Waals surface area contributed by atoms with E-state index in [1.807, 2.05) is 6.92 Å². The fraction of sp³-hybridized carbons (Fsp3) is 0.773. The maximum Gasteiger partial charge on any atom is 0.326 e. The Kier molecular flexibility index (Phi) is 12.5. The van der Waals surface area contributed by atoms with Crippen molar-refractivity contribution in [2.45, 2.75) is 89.4 Å². The molecule has 5 unspecified atom stereocenters. The average Bonchev–Trinajstić information content (AvgIpc) is 3.29. The van der Waals surface area contributed by atoms with E-state index in [-0.39, 0.29) is 25.2 Å². The van der Waals surface area contributed by atoms with Gasteiger partial charge in [-0.2, -0.15) is 0 Å². The zero-order valence-corrected chi connectivity index (χ0v) is 20.0. The summed E-state index contributed by atoms with van der Waals surface area (Å²) in [5.41, 5.74) is 11.3. The molecule has 1 saturated heterocycles. The number of amides is 3. The highest BCUT2D eigenvalue weighted by Gasteiger charge is 2.38. The molecule has 1 aliphatic rings. The molecule has 1 fully saturated rings. The SMILES string of the molecule is CCC(C)C(NC(=O)C1CCCN1C(=O)C(N)CCC(=O)O)C(=O)NC(CCCCN)C(=O)O. The van der Waals surface area contributed by atoms with Crippen molar-refractivity contribution in [1.29, 1.82) is 0 Å². The molecule has 12 nitrogen and oxygen atoms in total. The van der Waals surface area contributed by atoms with Crippen LogP contribution >= 0.6 is 0 Å². The molecule has 8 N–H and O–H groups in total. The lowest BCUT2D eigenvalue weighted by atomic mass is 9.97. The Morgan fingerprint density at radius 3 is 2.32 bits per heavy atom. The van der Waals surface area contributed by atoms with Crippen molar-refractivity contribution in [2.75, 3.05) is 13.1 Å². The normalized spacial score (nSPS) is 19.1. The van der Waals surface area contributed by atoms with Crippen LogP contribution in [0.25, 0.3) is 0 Å². The fourth-order valence-corrected chi connectivity index (χ4v) is 3.88. The van der Waals surface area contributed by atoms with E-state index in [1.165, 1.54) is 4.90 Å². The summed E-state index contributed by atoms with van der Waals surface area (Å²) in [6, 6.07) is -3.95. The molecule has 34 heavy (non-hydrogen) atoms. The average molecular weight is 486 g/mol. The van der Waals surface area contributed by atoms with Gasteiger partial charge in [-0.1, -0.05) is 20.3 Å². The molecule has 0 spiro atoms. The second-order valence-electron chi connectivity index (χ2n) is 8.78. The second-order valence-corrected chi connectivity index (χ2v) is 8.78. The first-order chi connectivity index (χ1) is 16.0. The zero-order chi connectivity index (χ0) is 25.8. The van der Waals surface area contributed by atoms with Crippen molar-refractivity contribution in [2.24, 2.45) is 17.4 Å². The molecule has 5 atom stereocenters. The van der Waals surface area contributed by atoms with Crippen molar-refractivity contribution >= 4 is 29.7 Å². The van der Waals surface area contributed by atoms with Crippen molar-refractivity contribution in [1.82, 2.24) is 15.5 Å². The third kappa shape index (κ3) is 8.90. The first-order valence-electron chi connectivity index (χ1n) is 11.8. The van der Waals surface area contributed by atoms with Gasteiger partial charge < -0.3 is 37.2 Å². The Morgan fingerprint density at radius 1 is 1.09 bits per heavy atom. The van der Waals surface area contributed by atoms with E-state index < -0.39 is 53.8 Å². The molecule has 0 radical (unpaired) electrons. The molecule has 0 saturated carbocycles. The van der Waals surface area contributed by atoms with E-state index in [1.54, 1.807) is 6.92 Å². The number of carbonyl (C=O) groups excluding carboxylic acids is 3. The lowest BCUT2D eigenvalue weighted by molar-refractivity contribution is -0.144. The van der Waals surface area contributed by atoms with Gasteiger partial charge in [-0.25, -0.2) is 4.79 Å². The first-order valence-corrected chi connectivity index (χ1v) is 11.8. The summed E-state index contributed by atoms with van der Waals surface area (Å²) >= 11 is 0. The van der Waals surface area contributed by atoms with Crippen molar-refractivity contribution in [3.05, 3.63) is 0 Å². The summed E-state index contributed by atoms with van der Waals surface area (Å²) in [6.07, 6.45) is 2.59. The molecule has 12 heteroatoms. The Morgan fingerprint density at radius 2 is 1.76 bits per heavy atom. The number of likely N-dealkylation sites (tertiary alicyclic amines) is 1. The van der Waals surface area contributed by atoms with E-state index in [2.05, 4.69) is 10.6 Å². The maximum atomic E-state index is 13.1. The molecular formula is C22H39N5O7. The zero-order valence-electron chi connectivity index (χ0n) is 20.0. The van der Waals surface area contributed by atoms with Crippen LogP contribution in [-0.4, -0.2) is 82.0 Å². The molecule has 3 amide bonds. The van der Waals surface area contributed by atoms with Crippen LogP contribution in [-0.2, 0) is 24.0 Å². The lowest BCUT2D eigenvalue weighted by Crippen LogP contribution is -2.58. The number of hydrogen-bond acceptors (Lipinski definition) is 7. The van der Waals surface area contributed by atoms with E-state index in [0.717, 1.165) is 0 Å². The van der Waals surface area contributed by atoms with E-state index in [0.29, 0.717) is 45.2 Å². The summed E-state index contributed by atoms with van der Waals surface area (Å²) in [6.45, 7) is 4.34. The van der Waals surface area contributed by atoms with Gasteiger partial charge in [-0.05, 0) is 51.0 Å². The minimum Gasteiger partial charge on any atom is -0.481 e. The number of unbranched alkanes of at least 4 members (excludes halogenated alkanes) is 1. The van der Waals surface area contributed by atoms with Gasteiger partial charge in [0.15, 0.2) is 0 Å². The number of carboxylic acid groups (broad SMARTS) is 2. The molecular weight excluding hydrogens is 446 g/mol. The van der Waals surface area contributed by atoms with Gasteiger partial charge in [-0.15, -0.1) is 0 Å². The van der Waals surface area contributed by atoms with Gasteiger partial charge in [-0.3, -0.25) is 19.2 Å². The molecule has 194 valence electrons. The Bertz CT molecular complexity index is 732. The van der Waals surface area contributed by atoms with Crippen LogP contribution in [0.15, 0.2) is 0 Å². The summed E-state index contributed by atoms with van der Waals surface area (Å²) in [5, 5.41) is 23.5. The lowest BCUT2D eigenvalue weighted by Gasteiger charge is -2.30. The number of nitrogens with two attached hydrogens (primary N) is 2. The van der Waals surface area contributed by atoms with E-state index in [9.17, 15) is 29.1 Å². The summed E-state index contributed by atoms with van der Waals surface area (Å²) in [5.74, 6) is -4.14. The van der Waals surface area contributed by atoms with Crippen molar-refractivity contribution in [3.63, 3.8) is 0 Å². The summed E-state index contributed by atoms with van der Waals surface area (Å²) in [7, 11) is 0. The van der Waals surface area contributed by atoms with Gasteiger partial charge in [0, 0.05) is 13.0 Å². The Balaban J connectivity index is 2.88. The first kappa shape index (κ1) is 29.3. The quantitative estimate of drug-likeness (QED) is 0.163. The number of aliphatic carboxylic acids is 2. The van der Waals surface area contributed by atoms with Crippen LogP contribution in [0.2, 0.25) is 0 Å². The predicted octanol–water partition coefficient (Wildman–Crippen LogP) is -0.601. The fourth-order valence-electron chi connectivity index (χ4n) is 3.88. The van der Waals surface area contributed by atoms with E-state index >= 15 is 0 Å². The van der Waals surface area contributed by atoms with E-state index in [4.69, 9.17) is 16.6 Å². The number of rotatable bonds is 15. The third-order valence-electron chi connectivity index (χ3n) is 6.18. The van der Waals surface area contributed by atoms with Crippen LogP contribution in [0.4, 0.5) is 0 Å². The predicted molar refractivity (Wildman–Crippen MR) is 123 cm³/mol.